The van der Waals surface area contributed by atoms with E-state index in [-0.39, 0.29) is 6.61 Å². The summed E-state index contributed by atoms with van der Waals surface area (Å²) in [6.45, 7) is 3.92. The molecule has 94 valence electrons. The molecule has 18 heavy (non-hydrogen) atoms. The SMILES string of the molecule is Cc1cc(C)cc(Oc2ncc(CO)cc2Cl)c1. The highest BCUT2D eigenvalue weighted by atomic mass is 35.5. The monoisotopic (exact) mass is 263 g/mol. The maximum Gasteiger partial charge on any atom is 0.238 e. The highest BCUT2D eigenvalue weighted by molar-refractivity contribution is 6.31. The van der Waals surface area contributed by atoms with Gasteiger partial charge < -0.3 is 9.84 Å². The summed E-state index contributed by atoms with van der Waals surface area (Å²) in [4.78, 5) is 4.09. The summed E-state index contributed by atoms with van der Waals surface area (Å²) in [5.41, 5.74) is 2.90. The molecule has 0 spiro atoms. The van der Waals surface area contributed by atoms with Gasteiger partial charge in [0.25, 0.3) is 0 Å². The number of aliphatic hydroxyl groups is 1. The Morgan fingerprint density at radius 2 is 1.83 bits per heavy atom. The fourth-order valence-electron chi connectivity index (χ4n) is 1.73. The molecule has 1 aromatic heterocycles. The first-order chi connectivity index (χ1) is 8.58. The van der Waals surface area contributed by atoms with Crippen LogP contribution in [0.3, 0.4) is 0 Å². The van der Waals surface area contributed by atoms with Crippen molar-refractivity contribution in [3.63, 3.8) is 0 Å². The molecule has 1 N–H and O–H groups in total. The minimum atomic E-state index is -0.0868. The van der Waals surface area contributed by atoms with E-state index in [4.69, 9.17) is 21.4 Å². The van der Waals surface area contributed by atoms with Crippen LogP contribution in [-0.4, -0.2) is 10.1 Å². The highest BCUT2D eigenvalue weighted by Gasteiger charge is 2.06. The normalized spacial score (nSPS) is 10.4. The fraction of sp³-hybridized carbons (Fsp3) is 0.214. The van der Waals surface area contributed by atoms with Gasteiger partial charge >= 0.3 is 0 Å². The molecular formula is C14H14ClNO2. The van der Waals surface area contributed by atoms with E-state index >= 15 is 0 Å². The van der Waals surface area contributed by atoms with Crippen molar-refractivity contribution in [1.82, 2.24) is 4.98 Å². The second-order valence-corrected chi connectivity index (χ2v) is 4.62. The highest BCUT2D eigenvalue weighted by Crippen LogP contribution is 2.28. The van der Waals surface area contributed by atoms with Crippen molar-refractivity contribution in [1.29, 1.82) is 0 Å². The van der Waals surface area contributed by atoms with Crippen LogP contribution in [0.4, 0.5) is 0 Å². The Morgan fingerprint density at radius 3 is 2.39 bits per heavy atom. The van der Waals surface area contributed by atoms with E-state index in [1.54, 1.807) is 12.3 Å². The van der Waals surface area contributed by atoms with Gasteiger partial charge in [-0.05, 0) is 48.7 Å². The number of hydrogen-bond acceptors (Lipinski definition) is 3. The molecule has 0 aliphatic heterocycles. The van der Waals surface area contributed by atoms with Gasteiger partial charge in [0.15, 0.2) is 0 Å². The van der Waals surface area contributed by atoms with Crippen molar-refractivity contribution in [2.45, 2.75) is 20.5 Å². The minimum absolute atomic E-state index is 0.0868. The number of nitrogens with zero attached hydrogens (tertiary/aromatic N) is 1. The minimum Gasteiger partial charge on any atom is -0.438 e. The van der Waals surface area contributed by atoms with Crippen LogP contribution in [0.5, 0.6) is 11.6 Å². The van der Waals surface area contributed by atoms with E-state index in [2.05, 4.69) is 11.1 Å². The average Bonchev–Trinajstić information content (AvgIpc) is 2.30. The Morgan fingerprint density at radius 1 is 1.17 bits per heavy atom. The molecule has 0 fully saturated rings. The number of ether oxygens (including phenoxy) is 1. The number of rotatable bonds is 3. The Balaban J connectivity index is 2.28. The molecule has 1 heterocycles. The van der Waals surface area contributed by atoms with Crippen LogP contribution < -0.4 is 4.74 Å². The van der Waals surface area contributed by atoms with Gasteiger partial charge in [0.1, 0.15) is 10.8 Å². The molecule has 4 heteroatoms. The van der Waals surface area contributed by atoms with Crippen LogP contribution >= 0.6 is 11.6 Å². The number of halogens is 1. The van der Waals surface area contributed by atoms with Gasteiger partial charge in [0, 0.05) is 6.20 Å². The van der Waals surface area contributed by atoms with Crippen LogP contribution in [0, 0.1) is 13.8 Å². The molecule has 0 aliphatic carbocycles. The summed E-state index contributed by atoms with van der Waals surface area (Å²) in [7, 11) is 0. The van der Waals surface area contributed by atoms with Crippen molar-refractivity contribution in [2.75, 3.05) is 0 Å². The lowest BCUT2D eigenvalue weighted by molar-refractivity contribution is 0.281. The number of benzene rings is 1. The maximum atomic E-state index is 8.98. The first-order valence-electron chi connectivity index (χ1n) is 5.60. The summed E-state index contributed by atoms with van der Waals surface area (Å²) in [5.74, 6) is 1.05. The third-order valence-electron chi connectivity index (χ3n) is 2.46. The second-order valence-electron chi connectivity index (χ2n) is 4.21. The quantitative estimate of drug-likeness (QED) is 0.919. The van der Waals surface area contributed by atoms with Gasteiger partial charge in [0.2, 0.25) is 5.88 Å². The Hall–Kier alpha value is -1.58. The third-order valence-corrected chi connectivity index (χ3v) is 2.73. The van der Waals surface area contributed by atoms with E-state index in [1.807, 2.05) is 26.0 Å². The van der Waals surface area contributed by atoms with E-state index in [9.17, 15) is 0 Å². The molecule has 2 aromatic rings. The van der Waals surface area contributed by atoms with Gasteiger partial charge in [-0.1, -0.05) is 17.7 Å². The van der Waals surface area contributed by atoms with Gasteiger partial charge in [0.05, 0.1) is 6.61 Å². The predicted octanol–water partition coefficient (Wildman–Crippen LogP) is 3.64. The summed E-state index contributed by atoms with van der Waals surface area (Å²) >= 11 is 6.04. The Bertz CT molecular complexity index is 549. The zero-order valence-corrected chi connectivity index (χ0v) is 11.0. The van der Waals surface area contributed by atoms with Crippen molar-refractivity contribution < 1.29 is 9.84 Å². The molecule has 0 atom stereocenters. The third kappa shape index (κ3) is 3.00. The van der Waals surface area contributed by atoms with Crippen LogP contribution in [0.15, 0.2) is 30.5 Å². The lowest BCUT2D eigenvalue weighted by Gasteiger charge is -2.09. The molecule has 0 bridgehead atoms. The lowest BCUT2D eigenvalue weighted by atomic mass is 10.1. The van der Waals surface area contributed by atoms with E-state index in [0.29, 0.717) is 22.2 Å². The van der Waals surface area contributed by atoms with Gasteiger partial charge in [-0.2, -0.15) is 0 Å². The molecule has 0 unspecified atom stereocenters. The van der Waals surface area contributed by atoms with Crippen molar-refractivity contribution in [2.24, 2.45) is 0 Å². The van der Waals surface area contributed by atoms with E-state index in [1.165, 1.54) is 0 Å². The van der Waals surface area contributed by atoms with E-state index < -0.39 is 0 Å². The zero-order valence-electron chi connectivity index (χ0n) is 10.3. The summed E-state index contributed by atoms with van der Waals surface area (Å²) in [6, 6.07) is 7.55. The zero-order chi connectivity index (χ0) is 13.1. The Kier molecular flexibility index (Phi) is 3.84. The molecule has 3 nitrogen and oxygen atoms in total. The summed E-state index contributed by atoms with van der Waals surface area (Å²) < 4.78 is 5.65. The van der Waals surface area contributed by atoms with E-state index in [0.717, 1.165) is 11.1 Å². The Labute approximate surface area is 111 Å². The van der Waals surface area contributed by atoms with Gasteiger partial charge in [-0.25, -0.2) is 4.98 Å². The van der Waals surface area contributed by atoms with Crippen molar-refractivity contribution >= 4 is 11.6 Å². The van der Waals surface area contributed by atoms with Crippen molar-refractivity contribution in [3.05, 3.63) is 52.2 Å². The largest absolute Gasteiger partial charge is 0.438 e. The smallest absolute Gasteiger partial charge is 0.238 e. The van der Waals surface area contributed by atoms with Crippen LogP contribution in [0.25, 0.3) is 0 Å². The van der Waals surface area contributed by atoms with Crippen LogP contribution in [-0.2, 0) is 6.61 Å². The molecule has 0 saturated heterocycles. The fourth-order valence-corrected chi connectivity index (χ4v) is 1.96. The number of aliphatic hydroxyl groups excluding tert-OH is 1. The molecule has 0 saturated carbocycles. The van der Waals surface area contributed by atoms with Gasteiger partial charge in [-0.15, -0.1) is 0 Å². The maximum absolute atomic E-state index is 8.98. The van der Waals surface area contributed by atoms with Crippen LogP contribution in [0.1, 0.15) is 16.7 Å². The number of aromatic nitrogens is 1. The predicted molar refractivity (Wildman–Crippen MR) is 71.2 cm³/mol. The molecule has 0 amide bonds. The number of aryl methyl sites for hydroxylation is 2. The number of hydrogen-bond donors (Lipinski definition) is 1. The number of pyridine rings is 1. The molecule has 1 aromatic carbocycles. The topological polar surface area (TPSA) is 42.4 Å². The standard InChI is InChI=1S/C14H14ClNO2/c1-9-3-10(2)5-12(4-9)18-14-13(15)6-11(8-17)7-16-14/h3-7,17H,8H2,1-2H3. The summed E-state index contributed by atoms with van der Waals surface area (Å²) in [6.07, 6.45) is 1.55. The van der Waals surface area contributed by atoms with Crippen molar-refractivity contribution in [3.8, 4) is 11.6 Å². The average molecular weight is 264 g/mol. The molecule has 2 rings (SSSR count). The van der Waals surface area contributed by atoms with Gasteiger partial charge in [-0.3, -0.25) is 0 Å². The molecule has 0 radical (unpaired) electrons. The molecular weight excluding hydrogens is 250 g/mol. The molecule has 0 aliphatic rings. The first kappa shape index (κ1) is 12.9. The lowest BCUT2D eigenvalue weighted by Crippen LogP contribution is -1.93. The first-order valence-corrected chi connectivity index (χ1v) is 5.97. The summed E-state index contributed by atoms with van der Waals surface area (Å²) in [5, 5.41) is 9.37. The second kappa shape index (κ2) is 5.38. The van der Waals surface area contributed by atoms with Crippen LogP contribution in [0.2, 0.25) is 5.02 Å².